The number of benzene rings is 1. The molecule has 0 radical (unpaired) electrons. The summed E-state index contributed by atoms with van der Waals surface area (Å²) in [6.45, 7) is 2.14. The number of hydrogen-bond donors (Lipinski definition) is 1. The third kappa shape index (κ3) is 4.07. The maximum Gasteiger partial charge on any atom is 0.118 e. The maximum absolute atomic E-state index is 9.89. The van der Waals surface area contributed by atoms with E-state index in [4.69, 9.17) is 4.74 Å². The van der Waals surface area contributed by atoms with Gasteiger partial charge in [0.2, 0.25) is 0 Å². The highest BCUT2D eigenvalue weighted by Crippen LogP contribution is 2.20. The van der Waals surface area contributed by atoms with Crippen LogP contribution < -0.4 is 4.74 Å². The number of hydrogen-bond acceptors (Lipinski definition) is 2. The molecule has 1 N–H and O–H groups in total. The van der Waals surface area contributed by atoms with E-state index in [1.165, 1.54) is 0 Å². The van der Waals surface area contributed by atoms with Crippen LogP contribution in [-0.4, -0.2) is 12.2 Å². The highest BCUT2D eigenvalue weighted by Gasteiger charge is 2.04. The average molecular weight is 220 g/mol. The highest BCUT2D eigenvalue weighted by molar-refractivity contribution is 5.28. The minimum atomic E-state index is -0.418. The van der Waals surface area contributed by atoms with Crippen molar-refractivity contribution >= 4 is 0 Å². The van der Waals surface area contributed by atoms with Gasteiger partial charge in [0.05, 0.1) is 13.2 Å². The summed E-state index contributed by atoms with van der Waals surface area (Å²) in [4.78, 5) is 0. The fourth-order valence-corrected chi connectivity index (χ4v) is 1.47. The molecular formula is C14H20O2. The maximum atomic E-state index is 9.89. The summed E-state index contributed by atoms with van der Waals surface area (Å²) in [5, 5.41) is 9.89. The summed E-state index contributed by atoms with van der Waals surface area (Å²) in [5.74, 6) is 0.817. The van der Waals surface area contributed by atoms with Crippen LogP contribution in [0.15, 0.2) is 36.4 Å². The monoisotopic (exact) mass is 220 g/mol. The Kier molecular flexibility index (Phi) is 5.65. The first-order valence-corrected chi connectivity index (χ1v) is 5.75. The van der Waals surface area contributed by atoms with Crippen molar-refractivity contribution in [1.29, 1.82) is 0 Å². The largest absolute Gasteiger partial charge is 0.497 e. The number of rotatable bonds is 6. The van der Waals surface area contributed by atoms with Gasteiger partial charge in [-0.15, -0.1) is 0 Å². The van der Waals surface area contributed by atoms with E-state index in [-0.39, 0.29) is 0 Å². The van der Waals surface area contributed by atoms with Crippen LogP contribution in [-0.2, 0) is 0 Å². The van der Waals surface area contributed by atoms with E-state index < -0.39 is 6.10 Å². The Morgan fingerprint density at radius 1 is 1.25 bits per heavy atom. The second-order valence-electron chi connectivity index (χ2n) is 3.78. The van der Waals surface area contributed by atoms with E-state index in [9.17, 15) is 5.11 Å². The Bertz CT molecular complexity index is 314. The van der Waals surface area contributed by atoms with Gasteiger partial charge in [0, 0.05) is 0 Å². The number of aliphatic hydroxyl groups is 1. The summed E-state index contributed by atoms with van der Waals surface area (Å²) in [6.07, 6.45) is 6.64. The van der Waals surface area contributed by atoms with Gasteiger partial charge in [-0.3, -0.25) is 0 Å². The van der Waals surface area contributed by atoms with Crippen molar-refractivity contribution in [3.8, 4) is 5.75 Å². The lowest BCUT2D eigenvalue weighted by Crippen LogP contribution is -1.95. The van der Waals surface area contributed by atoms with Crippen LogP contribution in [0, 0.1) is 0 Å². The molecule has 1 atom stereocenters. The van der Waals surface area contributed by atoms with E-state index in [0.717, 1.165) is 24.2 Å². The molecule has 0 saturated carbocycles. The van der Waals surface area contributed by atoms with E-state index >= 15 is 0 Å². The van der Waals surface area contributed by atoms with Crippen molar-refractivity contribution < 1.29 is 9.84 Å². The summed E-state index contributed by atoms with van der Waals surface area (Å²) >= 11 is 0. The molecule has 2 heteroatoms. The smallest absolute Gasteiger partial charge is 0.118 e. The third-order valence-electron chi connectivity index (χ3n) is 2.48. The van der Waals surface area contributed by atoms with Gasteiger partial charge in [-0.25, -0.2) is 0 Å². The zero-order valence-corrected chi connectivity index (χ0v) is 10.0. The number of unbranched alkanes of at least 4 members (excludes halogenated alkanes) is 1. The van der Waals surface area contributed by atoms with Crippen LogP contribution in [0.3, 0.4) is 0 Å². The summed E-state index contributed by atoms with van der Waals surface area (Å²) < 4.78 is 5.07. The molecule has 1 rings (SSSR count). The third-order valence-corrected chi connectivity index (χ3v) is 2.48. The Hall–Kier alpha value is -1.28. The summed E-state index contributed by atoms with van der Waals surface area (Å²) in [7, 11) is 1.64. The molecule has 0 bridgehead atoms. The zero-order chi connectivity index (χ0) is 11.8. The molecule has 0 saturated heterocycles. The molecule has 16 heavy (non-hydrogen) atoms. The van der Waals surface area contributed by atoms with Crippen LogP contribution in [0.1, 0.15) is 37.9 Å². The summed E-state index contributed by atoms with van der Waals surface area (Å²) in [5.41, 5.74) is 0.932. The molecule has 0 heterocycles. The van der Waals surface area contributed by atoms with E-state index in [0.29, 0.717) is 6.42 Å². The number of methoxy groups -OCH3 is 1. The molecule has 88 valence electrons. The molecule has 0 aromatic heterocycles. The number of allylic oxidation sites excluding steroid dienone is 1. The Morgan fingerprint density at radius 2 is 1.94 bits per heavy atom. The van der Waals surface area contributed by atoms with Crippen molar-refractivity contribution in [3.63, 3.8) is 0 Å². The van der Waals surface area contributed by atoms with Crippen molar-refractivity contribution in [3.05, 3.63) is 42.0 Å². The topological polar surface area (TPSA) is 29.5 Å². The summed E-state index contributed by atoms with van der Waals surface area (Å²) in [6, 6.07) is 7.54. The SMILES string of the molecule is CCC/C=C/C[C@H](O)c1ccc(OC)cc1. The molecule has 0 aliphatic heterocycles. The lowest BCUT2D eigenvalue weighted by molar-refractivity contribution is 0.181. The van der Waals surface area contributed by atoms with Crippen molar-refractivity contribution in [2.45, 2.75) is 32.3 Å². The molecular weight excluding hydrogens is 200 g/mol. The predicted octanol–water partition coefficient (Wildman–Crippen LogP) is 3.48. The van der Waals surface area contributed by atoms with E-state index in [2.05, 4.69) is 13.0 Å². The van der Waals surface area contributed by atoms with Gasteiger partial charge < -0.3 is 9.84 Å². The molecule has 0 aliphatic carbocycles. The molecule has 0 fully saturated rings. The van der Waals surface area contributed by atoms with Crippen LogP contribution in [0.5, 0.6) is 5.75 Å². The lowest BCUT2D eigenvalue weighted by atomic mass is 10.1. The van der Waals surface area contributed by atoms with Crippen LogP contribution >= 0.6 is 0 Å². The molecule has 2 nitrogen and oxygen atoms in total. The molecule has 0 amide bonds. The van der Waals surface area contributed by atoms with Gasteiger partial charge in [0.15, 0.2) is 0 Å². The molecule has 0 aliphatic rings. The van der Waals surface area contributed by atoms with Gasteiger partial charge in [0.25, 0.3) is 0 Å². The minimum Gasteiger partial charge on any atom is -0.497 e. The van der Waals surface area contributed by atoms with Crippen molar-refractivity contribution in [2.24, 2.45) is 0 Å². The van der Waals surface area contributed by atoms with Crippen LogP contribution in [0.25, 0.3) is 0 Å². The first kappa shape index (κ1) is 12.8. The molecule has 1 aromatic rings. The molecule has 0 unspecified atom stereocenters. The second kappa shape index (κ2) is 7.07. The predicted molar refractivity (Wildman–Crippen MR) is 66.6 cm³/mol. The van der Waals surface area contributed by atoms with Crippen LogP contribution in [0.4, 0.5) is 0 Å². The number of ether oxygens (including phenoxy) is 1. The lowest BCUT2D eigenvalue weighted by Gasteiger charge is -2.09. The van der Waals surface area contributed by atoms with Gasteiger partial charge in [-0.1, -0.05) is 37.6 Å². The first-order chi connectivity index (χ1) is 7.77. The second-order valence-corrected chi connectivity index (χ2v) is 3.78. The van der Waals surface area contributed by atoms with Gasteiger partial charge in [-0.05, 0) is 30.5 Å². The molecule has 0 spiro atoms. The first-order valence-electron chi connectivity index (χ1n) is 5.75. The Labute approximate surface area is 97.6 Å². The number of aliphatic hydroxyl groups excluding tert-OH is 1. The fraction of sp³-hybridized carbons (Fsp3) is 0.429. The Morgan fingerprint density at radius 3 is 2.50 bits per heavy atom. The van der Waals surface area contributed by atoms with Gasteiger partial charge in [0.1, 0.15) is 5.75 Å². The van der Waals surface area contributed by atoms with Crippen molar-refractivity contribution in [1.82, 2.24) is 0 Å². The van der Waals surface area contributed by atoms with Gasteiger partial charge in [-0.2, -0.15) is 0 Å². The standard InChI is InChI=1S/C14H20O2/c1-3-4-5-6-7-14(15)12-8-10-13(16-2)11-9-12/h5-6,8-11,14-15H,3-4,7H2,1-2H3/b6-5+/t14-/m0/s1. The molecule has 1 aromatic carbocycles. The highest BCUT2D eigenvalue weighted by atomic mass is 16.5. The van der Waals surface area contributed by atoms with E-state index in [1.54, 1.807) is 7.11 Å². The zero-order valence-electron chi connectivity index (χ0n) is 10.0. The van der Waals surface area contributed by atoms with E-state index in [1.807, 2.05) is 30.3 Å². The average Bonchev–Trinajstić information content (AvgIpc) is 2.34. The van der Waals surface area contributed by atoms with Gasteiger partial charge >= 0.3 is 0 Å². The quantitative estimate of drug-likeness (QED) is 0.744. The van der Waals surface area contributed by atoms with Crippen molar-refractivity contribution in [2.75, 3.05) is 7.11 Å². The van der Waals surface area contributed by atoms with Crippen LogP contribution in [0.2, 0.25) is 0 Å². The normalized spacial score (nSPS) is 12.9. The minimum absolute atomic E-state index is 0.418. The fourth-order valence-electron chi connectivity index (χ4n) is 1.47. The Balaban J connectivity index is 2.49.